The van der Waals surface area contributed by atoms with E-state index in [0.29, 0.717) is 45.1 Å². The molecule has 0 bridgehead atoms. The van der Waals surface area contributed by atoms with E-state index in [0.717, 1.165) is 24.8 Å². The van der Waals surface area contributed by atoms with Crippen LogP contribution in [0, 0.1) is 5.92 Å². The van der Waals surface area contributed by atoms with Crippen molar-refractivity contribution in [2.24, 2.45) is 5.92 Å². The normalized spacial score (nSPS) is 15.6. The van der Waals surface area contributed by atoms with Crippen LogP contribution in [0.2, 0.25) is 0 Å². The molecule has 1 aliphatic rings. The van der Waals surface area contributed by atoms with Crippen molar-refractivity contribution in [1.29, 1.82) is 0 Å². The van der Waals surface area contributed by atoms with Crippen LogP contribution in [-0.2, 0) is 25.7 Å². The molecule has 0 aliphatic heterocycles. The number of carbonyl (C=O) groups excluding carboxylic acids is 3. The highest BCUT2D eigenvalue weighted by molar-refractivity contribution is 5.85. The van der Waals surface area contributed by atoms with E-state index in [1.165, 1.54) is 12.8 Å². The highest BCUT2D eigenvalue weighted by atomic mass is 19.3. The van der Waals surface area contributed by atoms with Gasteiger partial charge >= 0.3 is 11.9 Å². The molecule has 1 aliphatic carbocycles. The number of unbranched alkanes of at least 4 members (excludes halogenated alkanes) is 4. The minimum atomic E-state index is -3.17. The second kappa shape index (κ2) is 16.5. The molecule has 0 amide bonds. The van der Waals surface area contributed by atoms with Gasteiger partial charge in [-0.15, -0.1) is 0 Å². The monoisotopic (exact) mass is 466 g/mol. The highest BCUT2D eigenvalue weighted by Gasteiger charge is 2.37. The third-order valence-corrected chi connectivity index (χ3v) is 5.86. The minimum Gasteiger partial charge on any atom is -0.461 e. The summed E-state index contributed by atoms with van der Waals surface area (Å²) in [6, 6.07) is 9.78. The largest absolute Gasteiger partial charge is 0.461 e. The number of carbonyl (C=O) groups is 3. The van der Waals surface area contributed by atoms with Gasteiger partial charge in [0.15, 0.2) is 0 Å². The number of rotatable bonds is 14. The van der Waals surface area contributed by atoms with Gasteiger partial charge < -0.3 is 4.74 Å². The van der Waals surface area contributed by atoms with Gasteiger partial charge in [0, 0.05) is 32.1 Å². The van der Waals surface area contributed by atoms with Crippen molar-refractivity contribution < 1.29 is 27.9 Å². The van der Waals surface area contributed by atoms with E-state index in [9.17, 15) is 23.2 Å². The topological polar surface area (TPSA) is 60.4 Å². The summed E-state index contributed by atoms with van der Waals surface area (Å²) >= 11 is 0. The van der Waals surface area contributed by atoms with Crippen molar-refractivity contribution in [1.82, 2.24) is 0 Å². The first kappa shape index (κ1) is 28.9. The number of hydrogen-bond acceptors (Lipinski definition) is 4. The predicted octanol–water partition coefficient (Wildman–Crippen LogP) is 7.23. The number of alkyl halides is 2. The molecule has 2 rings (SSSR count). The lowest BCUT2D eigenvalue weighted by atomic mass is 9.96. The number of ether oxygens (including phenoxy) is 1. The Morgan fingerprint density at radius 3 is 2.30 bits per heavy atom. The predicted molar refractivity (Wildman–Crippen MR) is 126 cm³/mol. The van der Waals surface area contributed by atoms with Crippen molar-refractivity contribution in [3.8, 4) is 0 Å². The van der Waals surface area contributed by atoms with Crippen LogP contribution in [0.1, 0.15) is 103 Å². The van der Waals surface area contributed by atoms with Crippen molar-refractivity contribution in [2.75, 3.05) is 0 Å². The van der Waals surface area contributed by atoms with E-state index in [1.54, 1.807) is 0 Å². The van der Waals surface area contributed by atoms with E-state index < -0.39 is 11.7 Å². The molecular formula is C27H40F2O4. The summed E-state index contributed by atoms with van der Waals surface area (Å²) in [5.41, 5.74) is 1.05. The summed E-state index contributed by atoms with van der Waals surface area (Å²) < 4.78 is 31.8. The molecule has 0 unspecified atom stereocenters. The number of Topliss-reactive ketones (excluding diaryl/α,β-unsaturated/α-hetero) is 2. The van der Waals surface area contributed by atoms with Gasteiger partial charge in [0.25, 0.3) is 0 Å². The van der Waals surface area contributed by atoms with Gasteiger partial charge in [0.05, 0.1) is 0 Å². The van der Waals surface area contributed by atoms with Crippen LogP contribution in [0.3, 0.4) is 0 Å². The minimum absolute atomic E-state index is 0.0834. The second-order valence-electron chi connectivity index (χ2n) is 8.87. The molecule has 0 spiro atoms. The summed E-state index contributed by atoms with van der Waals surface area (Å²) in [5.74, 6) is -3.86. The zero-order valence-corrected chi connectivity index (χ0v) is 20.3. The molecule has 0 N–H and O–H groups in total. The Morgan fingerprint density at radius 2 is 1.70 bits per heavy atom. The van der Waals surface area contributed by atoms with Crippen LogP contribution in [0.4, 0.5) is 8.78 Å². The average molecular weight is 467 g/mol. The van der Waals surface area contributed by atoms with Crippen molar-refractivity contribution in [3.05, 3.63) is 35.9 Å². The quantitative estimate of drug-likeness (QED) is 0.214. The molecule has 1 aromatic carbocycles. The molecule has 33 heavy (non-hydrogen) atoms. The lowest BCUT2D eigenvalue weighted by Crippen LogP contribution is -2.28. The Balaban J connectivity index is 0.000000331. The summed E-state index contributed by atoms with van der Waals surface area (Å²) in [7, 11) is 0. The SMILES string of the molecule is CCCCC(F)(F)C(=O)CC[C@H]1CCC(=O)C1.CCCCCCC(=O)OCc1ccccc1. The van der Waals surface area contributed by atoms with Crippen LogP contribution in [0.25, 0.3) is 0 Å². The Labute approximate surface area is 197 Å². The summed E-state index contributed by atoms with van der Waals surface area (Å²) in [4.78, 5) is 33.7. The molecule has 0 aromatic heterocycles. The fourth-order valence-corrected chi connectivity index (χ4v) is 3.70. The zero-order valence-electron chi connectivity index (χ0n) is 20.3. The molecule has 1 fully saturated rings. The molecule has 0 radical (unpaired) electrons. The van der Waals surface area contributed by atoms with Gasteiger partial charge in [-0.05, 0) is 37.2 Å². The Morgan fingerprint density at radius 1 is 1.00 bits per heavy atom. The number of hydrogen-bond donors (Lipinski definition) is 0. The molecule has 0 heterocycles. The number of halogens is 2. The maximum atomic E-state index is 13.3. The van der Waals surface area contributed by atoms with Crippen LogP contribution in [0.15, 0.2) is 30.3 Å². The molecular weight excluding hydrogens is 426 g/mol. The van der Waals surface area contributed by atoms with Crippen molar-refractivity contribution in [2.45, 2.75) is 110 Å². The summed E-state index contributed by atoms with van der Waals surface area (Å²) in [6.45, 7) is 4.38. The summed E-state index contributed by atoms with van der Waals surface area (Å²) in [5, 5.41) is 0. The van der Waals surface area contributed by atoms with Gasteiger partial charge in [-0.1, -0.05) is 69.9 Å². The molecule has 0 saturated heterocycles. The molecule has 4 nitrogen and oxygen atoms in total. The van der Waals surface area contributed by atoms with Gasteiger partial charge in [0.1, 0.15) is 12.4 Å². The lowest BCUT2D eigenvalue weighted by Gasteiger charge is -2.15. The molecule has 186 valence electrons. The number of esters is 1. The maximum absolute atomic E-state index is 13.3. The molecule has 1 aromatic rings. The van der Waals surface area contributed by atoms with Crippen LogP contribution in [0.5, 0.6) is 0 Å². The molecule has 1 atom stereocenters. The zero-order chi connectivity index (χ0) is 24.5. The van der Waals surface area contributed by atoms with Crippen LogP contribution < -0.4 is 0 Å². The highest BCUT2D eigenvalue weighted by Crippen LogP contribution is 2.30. The van der Waals surface area contributed by atoms with E-state index in [4.69, 9.17) is 4.74 Å². The maximum Gasteiger partial charge on any atom is 0.306 e. The van der Waals surface area contributed by atoms with E-state index in [2.05, 4.69) is 6.92 Å². The number of ketones is 2. The van der Waals surface area contributed by atoms with Crippen molar-refractivity contribution in [3.63, 3.8) is 0 Å². The van der Waals surface area contributed by atoms with Gasteiger partial charge in [-0.2, -0.15) is 8.78 Å². The van der Waals surface area contributed by atoms with Gasteiger partial charge in [0.2, 0.25) is 5.78 Å². The van der Waals surface area contributed by atoms with Crippen LogP contribution >= 0.6 is 0 Å². The van der Waals surface area contributed by atoms with E-state index in [-0.39, 0.29) is 30.5 Å². The van der Waals surface area contributed by atoms with Gasteiger partial charge in [-0.25, -0.2) is 0 Å². The molecule has 6 heteroatoms. The summed E-state index contributed by atoms with van der Waals surface area (Å²) in [6.07, 6.45) is 7.83. The fraction of sp³-hybridized carbons (Fsp3) is 0.667. The van der Waals surface area contributed by atoms with E-state index >= 15 is 0 Å². The smallest absolute Gasteiger partial charge is 0.306 e. The first-order chi connectivity index (χ1) is 15.8. The van der Waals surface area contributed by atoms with Gasteiger partial charge in [-0.3, -0.25) is 14.4 Å². The second-order valence-corrected chi connectivity index (χ2v) is 8.87. The first-order valence-corrected chi connectivity index (χ1v) is 12.4. The van der Waals surface area contributed by atoms with Crippen LogP contribution in [-0.4, -0.2) is 23.5 Å². The lowest BCUT2D eigenvalue weighted by molar-refractivity contribution is -0.145. The standard InChI is InChI=1S/C14H20O2.C13H20F2O2/c1-2-3-4-8-11-14(15)16-12-13-9-6-5-7-10-13;1-2-3-8-13(14,15)12(17)7-5-10-4-6-11(16)9-10/h5-7,9-10H,2-4,8,11-12H2,1H3;10H,2-9H2,1H3/t;10-/m.1/s1. The first-order valence-electron chi connectivity index (χ1n) is 12.4. The fourth-order valence-electron chi connectivity index (χ4n) is 3.70. The Bertz CT molecular complexity index is 703. The average Bonchev–Trinajstić information content (AvgIpc) is 3.23. The number of benzene rings is 1. The third-order valence-electron chi connectivity index (χ3n) is 5.86. The van der Waals surface area contributed by atoms with Crippen molar-refractivity contribution >= 4 is 17.5 Å². The van der Waals surface area contributed by atoms with E-state index in [1.807, 2.05) is 37.3 Å². The Kier molecular flexibility index (Phi) is 14.5. The molecule has 1 saturated carbocycles. The third kappa shape index (κ3) is 13.2. The Hall–Kier alpha value is -2.11.